The average Bonchev–Trinajstić information content (AvgIpc) is 3.12. The van der Waals surface area contributed by atoms with E-state index in [-0.39, 0.29) is 37.8 Å². The molecule has 2 aliphatic heterocycles. The molecule has 0 N–H and O–H groups in total. The summed E-state index contributed by atoms with van der Waals surface area (Å²) in [5.74, 6) is -1.05. The number of benzene rings is 3. The van der Waals surface area contributed by atoms with Crippen molar-refractivity contribution < 1.29 is 33.5 Å². The number of imide groups is 1. The topological polar surface area (TPSA) is 125 Å². The Labute approximate surface area is 198 Å². The van der Waals surface area contributed by atoms with Gasteiger partial charge in [0.1, 0.15) is 12.4 Å². The number of ether oxygens (including phenoxy) is 3. The molecule has 0 spiro atoms. The third-order valence-corrected chi connectivity index (χ3v) is 5.72. The molecule has 0 saturated carbocycles. The van der Waals surface area contributed by atoms with E-state index < -0.39 is 22.7 Å². The van der Waals surface area contributed by atoms with Gasteiger partial charge >= 0.3 is 5.97 Å². The lowest BCUT2D eigenvalue weighted by molar-refractivity contribution is -0.385. The van der Waals surface area contributed by atoms with Crippen LogP contribution in [0.4, 0.5) is 5.69 Å². The number of fused-ring (bicyclic) bond motifs is 2. The molecular formula is C25H18N2O8. The second kappa shape index (κ2) is 8.99. The van der Waals surface area contributed by atoms with Crippen LogP contribution in [0.15, 0.2) is 60.7 Å². The highest BCUT2D eigenvalue weighted by Gasteiger charge is 2.35. The molecule has 10 nitrogen and oxygen atoms in total. The van der Waals surface area contributed by atoms with E-state index in [1.807, 2.05) is 0 Å². The van der Waals surface area contributed by atoms with Crippen LogP contribution in [0.2, 0.25) is 0 Å². The maximum Gasteiger partial charge on any atom is 0.338 e. The number of nitro benzene ring substituents is 1. The molecule has 0 radical (unpaired) electrons. The number of non-ortho nitro benzene ring substituents is 1. The van der Waals surface area contributed by atoms with Crippen LogP contribution in [0.1, 0.15) is 47.8 Å². The van der Waals surface area contributed by atoms with Gasteiger partial charge in [-0.2, -0.15) is 0 Å². The third-order valence-electron chi connectivity index (χ3n) is 5.72. The fourth-order valence-electron chi connectivity index (χ4n) is 4.08. The number of amides is 2. The van der Waals surface area contributed by atoms with E-state index in [9.17, 15) is 24.5 Å². The predicted octanol–water partition coefficient (Wildman–Crippen LogP) is 3.61. The summed E-state index contributed by atoms with van der Waals surface area (Å²) >= 11 is 0. The van der Waals surface area contributed by atoms with Crippen molar-refractivity contribution in [2.24, 2.45) is 0 Å². The van der Waals surface area contributed by atoms with E-state index in [0.29, 0.717) is 33.6 Å². The van der Waals surface area contributed by atoms with Crippen LogP contribution >= 0.6 is 0 Å². The Morgan fingerprint density at radius 2 is 1.77 bits per heavy atom. The Bertz CT molecular complexity index is 1350. The van der Waals surface area contributed by atoms with Gasteiger partial charge in [-0.15, -0.1) is 0 Å². The Kier molecular flexibility index (Phi) is 5.71. The Hall–Kier alpha value is -4.57. The number of nitro groups is 1. The van der Waals surface area contributed by atoms with Crippen LogP contribution in [-0.2, 0) is 29.2 Å². The van der Waals surface area contributed by atoms with Gasteiger partial charge < -0.3 is 14.2 Å². The lowest BCUT2D eigenvalue weighted by Crippen LogP contribution is -2.29. The van der Waals surface area contributed by atoms with E-state index >= 15 is 0 Å². The lowest BCUT2D eigenvalue weighted by atomic mass is 10.1. The highest BCUT2D eigenvalue weighted by atomic mass is 16.7. The van der Waals surface area contributed by atoms with E-state index in [1.54, 1.807) is 48.5 Å². The molecule has 0 bridgehead atoms. The smallest absolute Gasteiger partial charge is 0.338 e. The molecule has 0 aromatic heterocycles. The summed E-state index contributed by atoms with van der Waals surface area (Å²) in [4.78, 5) is 49.8. The van der Waals surface area contributed by atoms with Crippen molar-refractivity contribution >= 4 is 23.5 Å². The summed E-state index contributed by atoms with van der Waals surface area (Å²) in [5, 5.41) is 11.3. The zero-order valence-corrected chi connectivity index (χ0v) is 18.3. The van der Waals surface area contributed by atoms with Crippen LogP contribution in [0.3, 0.4) is 0 Å². The van der Waals surface area contributed by atoms with Crippen LogP contribution in [0.25, 0.3) is 0 Å². The van der Waals surface area contributed by atoms with Crippen molar-refractivity contribution in [2.75, 3.05) is 6.79 Å². The number of carbonyl (C=O) groups excluding carboxylic acids is 3. The zero-order valence-electron chi connectivity index (χ0n) is 18.3. The van der Waals surface area contributed by atoms with Crippen molar-refractivity contribution in [1.82, 2.24) is 4.90 Å². The first-order chi connectivity index (χ1) is 16.9. The minimum absolute atomic E-state index is 0.000303. The van der Waals surface area contributed by atoms with E-state index in [0.717, 1.165) is 4.90 Å². The number of nitrogens with zero attached hydrogens (tertiary/aromatic N) is 2. The summed E-state index contributed by atoms with van der Waals surface area (Å²) in [6.45, 7) is -0.103. The van der Waals surface area contributed by atoms with Gasteiger partial charge in [0.25, 0.3) is 17.5 Å². The van der Waals surface area contributed by atoms with Crippen LogP contribution in [0.5, 0.6) is 5.75 Å². The van der Waals surface area contributed by atoms with E-state index in [2.05, 4.69) is 0 Å². The van der Waals surface area contributed by atoms with Crippen molar-refractivity contribution in [1.29, 1.82) is 0 Å². The minimum Gasteiger partial charge on any atom is -0.467 e. The molecule has 3 aromatic rings. The summed E-state index contributed by atoms with van der Waals surface area (Å²) in [5.41, 5.74) is 2.17. The van der Waals surface area contributed by atoms with Gasteiger partial charge in [-0.25, -0.2) is 4.79 Å². The molecule has 2 amide bonds. The molecular weight excluding hydrogens is 456 g/mol. The molecule has 3 aromatic carbocycles. The van der Waals surface area contributed by atoms with Crippen LogP contribution < -0.4 is 4.74 Å². The number of rotatable bonds is 6. The van der Waals surface area contributed by atoms with Crippen molar-refractivity contribution in [2.45, 2.75) is 19.8 Å². The van der Waals surface area contributed by atoms with Gasteiger partial charge in [-0.3, -0.25) is 24.6 Å². The molecule has 0 atom stereocenters. The fourth-order valence-corrected chi connectivity index (χ4v) is 4.08. The van der Waals surface area contributed by atoms with E-state index in [4.69, 9.17) is 14.2 Å². The molecule has 5 rings (SSSR count). The molecule has 0 unspecified atom stereocenters. The van der Waals surface area contributed by atoms with Gasteiger partial charge in [-0.1, -0.05) is 24.3 Å². The zero-order chi connectivity index (χ0) is 24.5. The molecule has 0 aliphatic carbocycles. The summed E-state index contributed by atoms with van der Waals surface area (Å²) < 4.78 is 16.0. The normalized spacial score (nSPS) is 14.2. The molecule has 176 valence electrons. The SMILES string of the molecule is O=C(OCc1cc([N+](=O)[O-])cc2c1OCOC2)c1cccc(CN2C(=O)c3ccccc3C2=O)c1. The molecule has 2 aliphatic rings. The molecule has 35 heavy (non-hydrogen) atoms. The number of hydrogen-bond donors (Lipinski definition) is 0. The molecule has 0 fully saturated rings. The Balaban J connectivity index is 1.31. The second-order valence-electron chi connectivity index (χ2n) is 7.98. The summed E-state index contributed by atoms with van der Waals surface area (Å²) in [6, 6.07) is 15.7. The van der Waals surface area contributed by atoms with Gasteiger partial charge in [-0.05, 0) is 29.8 Å². The molecule has 10 heteroatoms. The van der Waals surface area contributed by atoms with Crippen molar-refractivity contribution in [3.63, 3.8) is 0 Å². The molecule has 2 heterocycles. The lowest BCUT2D eigenvalue weighted by Gasteiger charge is -2.20. The Morgan fingerprint density at radius 1 is 1.03 bits per heavy atom. The first-order valence-electron chi connectivity index (χ1n) is 10.6. The largest absolute Gasteiger partial charge is 0.467 e. The third kappa shape index (κ3) is 4.22. The maximum atomic E-state index is 12.7. The standard InChI is InChI=1S/C25H18N2O8/c28-23-20-6-1-2-7-21(20)24(29)26(23)11-15-4-3-5-16(8-15)25(30)34-13-18-10-19(27(31)32)9-17-12-33-14-35-22(17)18/h1-10H,11-14H2. The highest BCUT2D eigenvalue weighted by molar-refractivity contribution is 6.21. The summed E-state index contributed by atoms with van der Waals surface area (Å²) in [6.07, 6.45) is 0. The van der Waals surface area contributed by atoms with Gasteiger partial charge in [0.05, 0.1) is 34.8 Å². The average molecular weight is 474 g/mol. The first-order valence-corrected chi connectivity index (χ1v) is 10.6. The predicted molar refractivity (Wildman–Crippen MR) is 120 cm³/mol. The first kappa shape index (κ1) is 22.2. The maximum absolute atomic E-state index is 12.7. The minimum atomic E-state index is -0.665. The number of hydrogen-bond acceptors (Lipinski definition) is 8. The van der Waals surface area contributed by atoms with Crippen LogP contribution in [0, 0.1) is 10.1 Å². The Morgan fingerprint density at radius 3 is 2.49 bits per heavy atom. The number of esters is 1. The highest BCUT2D eigenvalue weighted by Crippen LogP contribution is 2.33. The van der Waals surface area contributed by atoms with Crippen LogP contribution in [-0.4, -0.2) is 34.4 Å². The van der Waals surface area contributed by atoms with Gasteiger partial charge in [0, 0.05) is 23.3 Å². The van der Waals surface area contributed by atoms with Crippen molar-refractivity contribution in [3.05, 3.63) is 104 Å². The fraction of sp³-hybridized carbons (Fsp3) is 0.160. The van der Waals surface area contributed by atoms with Gasteiger partial charge in [0.2, 0.25) is 0 Å². The van der Waals surface area contributed by atoms with Gasteiger partial charge in [0.15, 0.2) is 6.79 Å². The van der Waals surface area contributed by atoms with E-state index in [1.165, 1.54) is 12.1 Å². The van der Waals surface area contributed by atoms with Crippen molar-refractivity contribution in [3.8, 4) is 5.75 Å². The summed E-state index contributed by atoms with van der Waals surface area (Å²) in [7, 11) is 0. The monoisotopic (exact) mass is 474 g/mol. The quantitative estimate of drug-likeness (QED) is 0.230. The number of carbonyl (C=O) groups is 3. The second-order valence-corrected chi connectivity index (χ2v) is 7.98. The molecule has 0 saturated heterocycles.